The second kappa shape index (κ2) is 5.69. The quantitative estimate of drug-likeness (QED) is 0.765. The Balaban J connectivity index is 1.74. The van der Waals surface area contributed by atoms with Gasteiger partial charge in [-0.3, -0.25) is 0 Å². The van der Waals surface area contributed by atoms with Crippen LogP contribution < -0.4 is 5.32 Å². The van der Waals surface area contributed by atoms with Crippen LogP contribution in [0.5, 0.6) is 0 Å². The molecular weight excluding hydrogens is 282 g/mol. The third-order valence-corrected chi connectivity index (χ3v) is 4.24. The molecule has 0 bridgehead atoms. The van der Waals surface area contributed by atoms with E-state index in [1.54, 1.807) is 17.5 Å². The van der Waals surface area contributed by atoms with Gasteiger partial charge >= 0.3 is 0 Å². The van der Waals surface area contributed by atoms with Crippen LogP contribution in [0.1, 0.15) is 28.5 Å². The topological polar surface area (TPSA) is 51.0 Å². The lowest BCUT2D eigenvalue weighted by molar-refractivity contribution is 0.572. The van der Waals surface area contributed by atoms with E-state index in [0.717, 1.165) is 27.7 Å². The summed E-state index contributed by atoms with van der Waals surface area (Å²) >= 11 is 1.74. The van der Waals surface area contributed by atoms with Crippen LogP contribution in [-0.4, -0.2) is 9.97 Å². The molecule has 1 atom stereocenters. The monoisotopic (exact) mass is 299 g/mol. The Labute approximate surface area is 127 Å². The molecule has 0 aliphatic rings. The molecule has 0 amide bonds. The van der Waals surface area contributed by atoms with Crippen LogP contribution in [0.4, 0.5) is 5.69 Å². The number of anilines is 1. The van der Waals surface area contributed by atoms with Crippen molar-refractivity contribution in [2.45, 2.75) is 26.8 Å². The van der Waals surface area contributed by atoms with Crippen molar-refractivity contribution in [1.82, 2.24) is 9.97 Å². The van der Waals surface area contributed by atoms with Crippen LogP contribution in [0.15, 0.2) is 41.3 Å². The van der Waals surface area contributed by atoms with Gasteiger partial charge in [0.1, 0.15) is 0 Å². The Kier molecular flexibility index (Phi) is 3.75. The first-order chi connectivity index (χ1) is 10.1. The Bertz CT molecular complexity index is 717. The average Bonchev–Trinajstić information content (AvgIpc) is 3.09. The lowest BCUT2D eigenvalue weighted by Gasteiger charge is -2.14. The number of hydrogen-bond donors (Lipinski definition) is 1. The molecule has 0 spiro atoms. The fourth-order valence-corrected chi connectivity index (χ4v) is 3.27. The van der Waals surface area contributed by atoms with E-state index in [1.165, 1.54) is 11.3 Å². The summed E-state index contributed by atoms with van der Waals surface area (Å²) in [6.45, 7) is 6.29. The van der Waals surface area contributed by atoms with Gasteiger partial charge in [0.25, 0.3) is 0 Å². The molecule has 0 saturated carbocycles. The van der Waals surface area contributed by atoms with Crippen LogP contribution in [0.2, 0.25) is 0 Å². The van der Waals surface area contributed by atoms with E-state index in [1.807, 2.05) is 31.2 Å². The third-order valence-electron chi connectivity index (χ3n) is 3.33. The summed E-state index contributed by atoms with van der Waals surface area (Å²) < 4.78 is 5.29. The van der Waals surface area contributed by atoms with Gasteiger partial charge in [0.15, 0.2) is 12.2 Å². The van der Waals surface area contributed by atoms with Crippen molar-refractivity contribution < 1.29 is 4.42 Å². The Morgan fingerprint density at radius 2 is 1.95 bits per heavy atom. The smallest absolute Gasteiger partial charge is 0.181 e. The van der Waals surface area contributed by atoms with Gasteiger partial charge in [-0.2, -0.15) is 0 Å². The van der Waals surface area contributed by atoms with Crippen molar-refractivity contribution in [2.24, 2.45) is 0 Å². The summed E-state index contributed by atoms with van der Waals surface area (Å²) in [6, 6.07) is 8.32. The molecule has 108 valence electrons. The zero-order valence-electron chi connectivity index (χ0n) is 12.3. The molecule has 3 rings (SSSR count). The van der Waals surface area contributed by atoms with Crippen LogP contribution in [0.3, 0.4) is 0 Å². The molecule has 21 heavy (non-hydrogen) atoms. The molecule has 1 aromatic carbocycles. The summed E-state index contributed by atoms with van der Waals surface area (Å²) in [6.07, 6.45) is 3.16. The van der Waals surface area contributed by atoms with Gasteiger partial charge in [0, 0.05) is 16.1 Å². The van der Waals surface area contributed by atoms with Crippen molar-refractivity contribution in [3.8, 4) is 11.3 Å². The van der Waals surface area contributed by atoms with Gasteiger partial charge in [-0.1, -0.05) is 0 Å². The molecule has 0 aliphatic carbocycles. The second-order valence-corrected chi connectivity index (χ2v) is 6.39. The maximum Gasteiger partial charge on any atom is 0.181 e. The molecule has 2 aromatic heterocycles. The van der Waals surface area contributed by atoms with Gasteiger partial charge in [-0.25, -0.2) is 9.97 Å². The summed E-state index contributed by atoms with van der Waals surface area (Å²) in [5, 5.41) is 4.59. The van der Waals surface area contributed by atoms with E-state index in [2.05, 4.69) is 29.1 Å². The van der Waals surface area contributed by atoms with Gasteiger partial charge in [-0.15, -0.1) is 11.3 Å². The van der Waals surface area contributed by atoms with Gasteiger partial charge in [0.05, 0.1) is 22.9 Å². The minimum Gasteiger partial charge on any atom is -0.444 e. The molecule has 3 aromatic rings. The Hall–Kier alpha value is -2.14. The molecule has 0 fully saturated rings. The van der Waals surface area contributed by atoms with Crippen molar-refractivity contribution in [1.29, 1.82) is 0 Å². The lowest BCUT2D eigenvalue weighted by atomic mass is 10.1. The number of benzene rings is 1. The van der Waals surface area contributed by atoms with E-state index >= 15 is 0 Å². The predicted octanol–water partition coefficient (Wildman–Crippen LogP) is 4.59. The van der Waals surface area contributed by atoms with Crippen molar-refractivity contribution in [2.75, 3.05) is 5.32 Å². The van der Waals surface area contributed by atoms with Crippen LogP contribution in [0.25, 0.3) is 11.3 Å². The minimum absolute atomic E-state index is 0.186. The highest BCUT2D eigenvalue weighted by atomic mass is 32.1. The Morgan fingerprint density at radius 1 is 1.19 bits per heavy atom. The van der Waals surface area contributed by atoms with Gasteiger partial charge in [-0.05, 0) is 45.0 Å². The molecule has 4 nitrogen and oxygen atoms in total. The molecule has 0 saturated heterocycles. The van der Waals surface area contributed by atoms with Crippen LogP contribution >= 0.6 is 11.3 Å². The SMILES string of the molecule is Cc1nc(C(C)Nc2ccc(-c3cnco3)cc2)c(C)s1. The number of aromatic nitrogens is 2. The number of nitrogens with one attached hydrogen (secondary N) is 1. The standard InChI is InChI=1S/C16H17N3OS/c1-10(16-11(2)21-12(3)19-16)18-14-6-4-13(5-7-14)15-8-17-9-20-15/h4-10,18H,1-3H3. The minimum atomic E-state index is 0.186. The van der Waals surface area contributed by atoms with E-state index in [9.17, 15) is 0 Å². The highest BCUT2D eigenvalue weighted by molar-refractivity contribution is 7.11. The highest BCUT2D eigenvalue weighted by Gasteiger charge is 2.13. The first kappa shape index (κ1) is 13.8. The number of aryl methyl sites for hydroxylation is 2. The zero-order chi connectivity index (χ0) is 14.8. The fourth-order valence-electron chi connectivity index (χ4n) is 2.35. The average molecular weight is 299 g/mol. The predicted molar refractivity (Wildman–Crippen MR) is 85.6 cm³/mol. The summed E-state index contributed by atoms with van der Waals surface area (Å²) in [4.78, 5) is 9.80. The number of nitrogens with zero attached hydrogens (tertiary/aromatic N) is 2. The molecular formula is C16H17N3OS. The second-order valence-electron chi connectivity index (χ2n) is 4.98. The zero-order valence-corrected chi connectivity index (χ0v) is 13.1. The fraction of sp³-hybridized carbons (Fsp3) is 0.250. The number of rotatable bonds is 4. The van der Waals surface area contributed by atoms with E-state index in [4.69, 9.17) is 4.42 Å². The van der Waals surface area contributed by atoms with Crippen molar-refractivity contribution in [3.05, 3.63) is 52.4 Å². The highest BCUT2D eigenvalue weighted by Crippen LogP contribution is 2.27. The molecule has 5 heteroatoms. The van der Waals surface area contributed by atoms with E-state index in [0.29, 0.717) is 0 Å². The number of oxazole rings is 1. The first-order valence-electron chi connectivity index (χ1n) is 6.83. The van der Waals surface area contributed by atoms with Crippen molar-refractivity contribution in [3.63, 3.8) is 0 Å². The van der Waals surface area contributed by atoms with Gasteiger partial charge in [0.2, 0.25) is 0 Å². The maximum absolute atomic E-state index is 5.29. The maximum atomic E-state index is 5.29. The van der Waals surface area contributed by atoms with Crippen LogP contribution in [-0.2, 0) is 0 Å². The lowest BCUT2D eigenvalue weighted by Crippen LogP contribution is -2.08. The number of thiazole rings is 1. The Morgan fingerprint density at radius 3 is 2.52 bits per heavy atom. The molecule has 0 aliphatic heterocycles. The summed E-state index contributed by atoms with van der Waals surface area (Å²) in [7, 11) is 0. The molecule has 2 heterocycles. The normalized spacial score (nSPS) is 12.3. The van der Waals surface area contributed by atoms with Gasteiger partial charge < -0.3 is 9.73 Å². The summed E-state index contributed by atoms with van der Waals surface area (Å²) in [5.41, 5.74) is 3.21. The van der Waals surface area contributed by atoms with E-state index in [-0.39, 0.29) is 6.04 Å². The third kappa shape index (κ3) is 2.97. The van der Waals surface area contributed by atoms with Crippen molar-refractivity contribution >= 4 is 17.0 Å². The largest absolute Gasteiger partial charge is 0.444 e. The molecule has 0 radical (unpaired) electrons. The van der Waals surface area contributed by atoms with E-state index < -0.39 is 0 Å². The summed E-state index contributed by atoms with van der Waals surface area (Å²) in [5.74, 6) is 0.778. The molecule has 1 unspecified atom stereocenters. The number of hydrogen-bond acceptors (Lipinski definition) is 5. The first-order valence-corrected chi connectivity index (χ1v) is 7.64. The molecule has 1 N–H and O–H groups in total. The van der Waals surface area contributed by atoms with Crippen LogP contribution in [0, 0.1) is 13.8 Å².